The lowest BCUT2D eigenvalue weighted by Crippen LogP contribution is -2.47. The number of carbonyl (C=O) groups excluding carboxylic acids is 1. The summed E-state index contributed by atoms with van der Waals surface area (Å²) in [5, 5.41) is 14.3. The Hall–Kier alpha value is -3.12. The van der Waals surface area contributed by atoms with Gasteiger partial charge < -0.3 is 14.7 Å². The minimum Gasteiger partial charge on any atom is -0.477 e. The van der Waals surface area contributed by atoms with Crippen molar-refractivity contribution in [3.8, 4) is 17.7 Å². The Bertz CT molecular complexity index is 1310. The number of ether oxygens (including phenoxy) is 1. The summed E-state index contributed by atoms with van der Waals surface area (Å²) in [6, 6.07) is 4.69. The quantitative estimate of drug-likeness (QED) is 0.475. The first-order valence-electron chi connectivity index (χ1n) is 13.9. The van der Waals surface area contributed by atoms with Crippen LogP contribution in [0.15, 0.2) is 23.0 Å². The third-order valence-electron chi connectivity index (χ3n) is 7.56. The van der Waals surface area contributed by atoms with Crippen LogP contribution in [0, 0.1) is 29.1 Å². The first kappa shape index (κ1) is 28.9. The molecule has 0 radical (unpaired) electrons. The van der Waals surface area contributed by atoms with Crippen LogP contribution in [-0.4, -0.2) is 38.9 Å². The van der Waals surface area contributed by atoms with Crippen molar-refractivity contribution < 1.29 is 19.4 Å². The van der Waals surface area contributed by atoms with E-state index >= 15 is 0 Å². The molecule has 2 saturated carbocycles. The molecule has 0 spiro atoms. The molecule has 2 aliphatic rings. The van der Waals surface area contributed by atoms with E-state index in [1.54, 1.807) is 24.1 Å². The molecule has 2 aromatic heterocycles. The van der Waals surface area contributed by atoms with Crippen LogP contribution < -0.4 is 15.2 Å². The highest BCUT2D eigenvalue weighted by Gasteiger charge is 2.38. The van der Waals surface area contributed by atoms with Crippen molar-refractivity contribution in [3.05, 3.63) is 38.3 Å². The van der Waals surface area contributed by atoms with Gasteiger partial charge in [0.25, 0.3) is 5.56 Å². The van der Waals surface area contributed by atoms with E-state index in [-0.39, 0.29) is 39.8 Å². The Morgan fingerprint density at radius 3 is 2.36 bits per heavy atom. The molecule has 0 unspecified atom stereocenters. The average molecular weight is 554 g/mol. The second kappa shape index (κ2) is 12.0. The number of aromatic carboxylic acids is 1. The van der Waals surface area contributed by atoms with Gasteiger partial charge in [-0.3, -0.25) is 9.59 Å². The maximum absolute atomic E-state index is 14.1. The zero-order valence-corrected chi connectivity index (χ0v) is 24.3. The molecule has 1 amide bonds. The van der Waals surface area contributed by atoms with Crippen molar-refractivity contribution in [2.45, 2.75) is 91.2 Å². The van der Waals surface area contributed by atoms with E-state index in [1.165, 1.54) is 10.7 Å². The van der Waals surface area contributed by atoms with Crippen molar-refractivity contribution in [2.24, 2.45) is 24.3 Å². The highest BCUT2D eigenvalue weighted by atomic mass is 32.1. The van der Waals surface area contributed by atoms with E-state index in [0.717, 1.165) is 37.0 Å². The van der Waals surface area contributed by atoms with Gasteiger partial charge in [0.05, 0.1) is 10.6 Å². The Morgan fingerprint density at radius 2 is 1.77 bits per heavy atom. The molecule has 2 fully saturated rings. The van der Waals surface area contributed by atoms with Gasteiger partial charge in [0.1, 0.15) is 11.0 Å². The van der Waals surface area contributed by atoms with E-state index in [0.29, 0.717) is 48.0 Å². The number of carbonyl (C=O) groups is 2. The fraction of sp³-hybridized carbons (Fsp3) is 0.600. The smallest absolute Gasteiger partial charge is 0.348 e. The van der Waals surface area contributed by atoms with Gasteiger partial charge in [-0.05, 0) is 84.1 Å². The number of aromatic nitrogens is 2. The monoisotopic (exact) mass is 553 g/mol. The zero-order chi connectivity index (χ0) is 28.3. The highest BCUT2D eigenvalue weighted by Crippen LogP contribution is 2.39. The molecule has 9 heteroatoms. The Kier molecular flexibility index (Phi) is 8.85. The van der Waals surface area contributed by atoms with Gasteiger partial charge in [0.15, 0.2) is 0 Å². The molecule has 210 valence electrons. The van der Waals surface area contributed by atoms with Crippen molar-refractivity contribution >= 4 is 28.9 Å². The van der Waals surface area contributed by atoms with Crippen molar-refractivity contribution in [1.29, 1.82) is 0 Å². The first-order valence-corrected chi connectivity index (χ1v) is 14.7. The number of hydrogen-bond donors (Lipinski definition) is 1. The number of amides is 1. The predicted molar refractivity (Wildman–Crippen MR) is 152 cm³/mol. The van der Waals surface area contributed by atoms with E-state index < -0.39 is 5.97 Å². The van der Waals surface area contributed by atoms with Gasteiger partial charge in [-0.25, -0.2) is 9.48 Å². The van der Waals surface area contributed by atoms with Crippen LogP contribution in [0.4, 0.5) is 5.69 Å². The van der Waals surface area contributed by atoms with E-state index in [9.17, 15) is 19.5 Å². The topological polar surface area (TPSA) is 102 Å². The Morgan fingerprint density at radius 1 is 1.10 bits per heavy atom. The number of hydrogen-bond acceptors (Lipinski definition) is 6. The van der Waals surface area contributed by atoms with Crippen molar-refractivity contribution in [2.75, 3.05) is 4.90 Å². The Labute approximate surface area is 234 Å². The lowest BCUT2D eigenvalue weighted by Gasteiger charge is -2.39. The molecule has 0 aromatic carbocycles. The lowest BCUT2D eigenvalue weighted by atomic mass is 9.81. The van der Waals surface area contributed by atoms with Gasteiger partial charge in [0, 0.05) is 36.6 Å². The normalized spacial score (nSPS) is 23.4. The molecule has 4 rings (SSSR count). The van der Waals surface area contributed by atoms with Crippen LogP contribution in [0.25, 0.3) is 0 Å². The van der Waals surface area contributed by atoms with Gasteiger partial charge in [-0.1, -0.05) is 18.8 Å². The number of anilines is 1. The first-order chi connectivity index (χ1) is 18.4. The van der Waals surface area contributed by atoms with Gasteiger partial charge in [-0.15, -0.1) is 16.4 Å². The SMILES string of the molecule is Cn1nc(O[C@H]2CC[C@H](N(c3cc(C#CC(C)(C)C)sc3C(=O)O)C(=O)[C@H]3CC[C@H](C)CC3)CC2)ccc1=O. The highest BCUT2D eigenvalue weighted by molar-refractivity contribution is 7.15. The zero-order valence-electron chi connectivity index (χ0n) is 23.5. The molecule has 0 bridgehead atoms. The molecule has 0 saturated heterocycles. The van der Waals surface area contributed by atoms with Crippen LogP contribution in [0.5, 0.6) is 5.88 Å². The lowest BCUT2D eigenvalue weighted by molar-refractivity contribution is -0.124. The summed E-state index contributed by atoms with van der Waals surface area (Å²) in [5.41, 5.74) is 0.0486. The summed E-state index contributed by atoms with van der Waals surface area (Å²) in [6.07, 6.45) is 6.35. The number of rotatable bonds is 6. The fourth-order valence-corrected chi connectivity index (χ4v) is 6.20. The molecule has 39 heavy (non-hydrogen) atoms. The van der Waals surface area contributed by atoms with Crippen molar-refractivity contribution in [1.82, 2.24) is 9.78 Å². The van der Waals surface area contributed by atoms with Gasteiger partial charge in [-0.2, -0.15) is 0 Å². The summed E-state index contributed by atoms with van der Waals surface area (Å²) >= 11 is 1.14. The number of carboxylic acids is 1. The number of thiophene rings is 1. The maximum Gasteiger partial charge on any atom is 0.348 e. The molecular weight excluding hydrogens is 514 g/mol. The van der Waals surface area contributed by atoms with E-state index in [2.05, 4.69) is 23.9 Å². The second-order valence-electron chi connectivity index (χ2n) is 12.0. The second-order valence-corrected chi connectivity index (χ2v) is 13.0. The molecule has 8 nitrogen and oxygen atoms in total. The number of nitrogens with zero attached hydrogens (tertiary/aromatic N) is 3. The largest absolute Gasteiger partial charge is 0.477 e. The summed E-state index contributed by atoms with van der Waals surface area (Å²) in [6.45, 7) is 8.26. The van der Waals surface area contributed by atoms with E-state index in [4.69, 9.17) is 4.74 Å². The molecule has 0 atom stereocenters. The Balaban J connectivity index is 1.60. The van der Waals surface area contributed by atoms with Crippen LogP contribution in [0.1, 0.15) is 93.6 Å². The van der Waals surface area contributed by atoms with Gasteiger partial charge >= 0.3 is 5.97 Å². The third-order valence-corrected chi connectivity index (χ3v) is 8.59. The molecular formula is C30H39N3O5S. The van der Waals surface area contributed by atoms with Crippen LogP contribution in [0.3, 0.4) is 0 Å². The maximum atomic E-state index is 14.1. The fourth-order valence-electron chi connectivity index (χ4n) is 5.36. The van der Waals surface area contributed by atoms with E-state index in [1.807, 2.05) is 20.8 Å². The summed E-state index contributed by atoms with van der Waals surface area (Å²) in [4.78, 5) is 40.7. The van der Waals surface area contributed by atoms with Crippen LogP contribution in [-0.2, 0) is 11.8 Å². The number of aryl methyl sites for hydroxylation is 1. The summed E-state index contributed by atoms with van der Waals surface area (Å²) in [7, 11) is 1.59. The predicted octanol–water partition coefficient (Wildman–Crippen LogP) is 5.49. The summed E-state index contributed by atoms with van der Waals surface area (Å²) in [5.74, 6) is 6.23. The van der Waals surface area contributed by atoms with Gasteiger partial charge in [0.2, 0.25) is 11.8 Å². The van der Waals surface area contributed by atoms with Crippen LogP contribution >= 0.6 is 11.3 Å². The molecule has 2 aromatic rings. The third kappa shape index (κ3) is 7.30. The molecule has 2 heterocycles. The van der Waals surface area contributed by atoms with Crippen LogP contribution in [0.2, 0.25) is 0 Å². The minimum absolute atomic E-state index is 0.0293. The molecule has 1 N–H and O–H groups in total. The molecule has 0 aliphatic heterocycles. The summed E-state index contributed by atoms with van der Waals surface area (Å²) < 4.78 is 7.31. The standard InChI is InChI=1S/C30H39N3O5S/c1-19-6-8-20(9-7-19)28(35)33(24-18-23(16-17-30(2,3)4)39-27(24)29(36)37)21-10-12-22(13-11-21)38-25-14-15-26(34)32(5)31-25/h14-15,18-22H,6-13H2,1-5H3,(H,36,37)/t19-,20-,21-,22-. The molecule has 2 aliphatic carbocycles. The van der Waals surface area contributed by atoms with Crippen molar-refractivity contribution in [3.63, 3.8) is 0 Å². The minimum atomic E-state index is -1.04. The number of carboxylic acid groups (broad SMARTS) is 1. The average Bonchev–Trinajstić information content (AvgIpc) is 3.30.